The van der Waals surface area contributed by atoms with E-state index in [2.05, 4.69) is 98.0 Å². The first-order valence-corrected chi connectivity index (χ1v) is 51.4. The maximum Gasteiger partial charge on any atom is 0.325 e. The first-order chi connectivity index (χ1) is 69.9. The van der Waals surface area contributed by atoms with E-state index in [1.807, 2.05) is 34.6 Å². The monoisotopic (exact) mass is 2140 g/mol. The number of thiazole rings is 3. The number of halogens is 7. The lowest BCUT2D eigenvalue weighted by molar-refractivity contribution is -0.153. The maximum absolute atomic E-state index is 14.9. The fraction of sp³-hybridized carbons (Fsp3) is 0.462. The van der Waals surface area contributed by atoms with Crippen LogP contribution in [0.15, 0.2) is 108 Å². The van der Waals surface area contributed by atoms with Crippen molar-refractivity contribution in [1.29, 1.82) is 0 Å². The number of hydrogen-bond acceptors (Lipinski definition) is 36. The minimum absolute atomic E-state index is 0. The Morgan fingerprint density at radius 3 is 1.20 bits per heavy atom. The van der Waals surface area contributed by atoms with Crippen molar-refractivity contribution in [1.82, 2.24) is 98.4 Å². The second-order valence-electron chi connectivity index (χ2n) is 34.7. The zero-order valence-corrected chi connectivity index (χ0v) is 85.4. The number of amides is 3. The van der Waals surface area contributed by atoms with Gasteiger partial charge in [-0.25, -0.2) is 57.1 Å². The number of nitrogens with zero attached hydrogens (tertiary/aromatic N) is 20. The van der Waals surface area contributed by atoms with Crippen molar-refractivity contribution >= 4 is 121 Å². The van der Waals surface area contributed by atoms with Crippen LogP contribution in [0.5, 0.6) is 0 Å². The van der Waals surface area contributed by atoms with Crippen LogP contribution in [-0.4, -0.2) is 269 Å². The molecule has 0 unspecified atom stereocenters. The molecule has 16 rings (SSSR count). The first kappa shape index (κ1) is 113. The van der Waals surface area contributed by atoms with Crippen LogP contribution in [0.4, 0.5) is 43.4 Å². The lowest BCUT2D eigenvalue weighted by atomic mass is 9.93. The number of carbonyl (C=O) groups is 8. The average Bonchev–Trinajstić information content (AvgIpc) is 1.65. The minimum Gasteiger partial charge on any atom is -0.469 e. The van der Waals surface area contributed by atoms with Gasteiger partial charge < -0.3 is 65.5 Å². The molecular weight excluding hydrogens is 2030 g/mol. The third kappa shape index (κ3) is 31.8. The molecule has 790 valence electrons. The van der Waals surface area contributed by atoms with E-state index in [1.165, 1.54) is 80.7 Å². The molecule has 1 saturated heterocycles. The standard InChI is InChI=1S/C34H41F2N9O5S.C29H32F2N8O6S.C29H34F2N8O4S.CH4O3S.ClH/c1-3-49-24-6-4-23(5-7-24)44-20-26(32(41-44)31-25(35)8-9-28(36)40-31)38-33(48)27-21-51-34(39-27)22-18-37-45(19-22)29(46)10-11-30(47)50-17-16-43-14-12-42(2)13-15-43;1-3-44-18-6-4-17(5-7-18)39-13-21(26(37-39)25-19(30)8-9-23(31)36-25)34-27(41)22-14-46-28(35-22)16-11-33-38(12-16)15-45-29(42)20(32)10-24(40)43-2;1-4-42-19-7-5-18(6-8-19)39-13-21(26(37-39)25-20(30)9-10-23(31)36-25)34-27(40)22-14-44-28(35-22)17-11-33-38(12-17)15-43-29(41)24(32)16(2)3;1-5(2,3)4;/h8-9,18-21,23-24H,3-7,10-17H2,1-2H3,(H,38,48);8-9,11-14,17-18,20H,3-7,10,15,32H2,1-2H3,(H,34,41);9-14,16,18-19,24H,4-8,15,32H2,1-3H3,(H,34,40);1H3,(H,2,3,4);1H/t;17?,18?,20-;18?,19?,24-;;/m.00../s1. The van der Waals surface area contributed by atoms with Crippen LogP contribution in [0.2, 0.25) is 0 Å². The normalized spacial score (nSPS) is 17.4. The Morgan fingerprint density at radius 1 is 0.483 bits per heavy atom. The Hall–Kier alpha value is -12.9. The van der Waals surface area contributed by atoms with Gasteiger partial charge in [0.25, 0.3) is 27.8 Å². The summed E-state index contributed by atoms with van der Waals surface area (Å²) in [5.74, 6) is -9.58. The number of ether oxygens (including phenoxy) is 7. The number of rotatable bonds is 36. The van der Waals surface area contributed by atoms with Gasteiger partial charge in [-0.1, -0.05) is 13.8 Å². The molecule has 12 aromatic heterocycles. The number of aromatic nitrogens is 18. The number of esters is 4. The molecule has 2 atom stereocenters. The third-order valence-electron chi connectivity index (χ3n) is 23.8. The number of nitrogens with one attached hydrogen (secondary N) is 3. The lowest BCUT2D eigenvalue weighted by Crippen LogP contribution is -2.45. The lowest BCUT2D eigenvalue weighted by Gasteiger charge is -2.32. The Labute approximate surface area is 857 Å². The molecule has 13 heterocycles. The molecule has 3 saturated carbocycles. The van der Waals surface area contributed by atoms with E-state index < -0.39 is 99.1 Å². The van der Waals surface area contributed by atoms with E-state index >= 15 is 0 Å². The molecule has 1 aliphatic heterocycles. The SMILES string of the molecule is CCOC1CCC(n2cc(NC(=O)c3csc(-c4cnn(C(=O)CCC(=O)OCCN5CCN(C)CC5)c4)n3)c(-c3nc(F)ccc3F)n2)CC1.CCOC1CCC(n2cc(NC(=O)c3csc(-c4cnn(COC(=O)[C@@H](N)C(C)C)c4)n3)c(-c3nc(F)ccc3F)n2)CC1.CCOC1CCC(n2cc(NC(=O)c3csc(-c4cnn(COC(=O)[C@@H](N)CC(=O)OC)c4)n3)c(-c3nc(F)ccc3F)n2)CC1.CS(=O)(=O)O.Cl. The van der Waals surface area contributed by atoms with Crippen LogP contribution in [0.3, 0.4) is 0 Å². The molecular formula is C93H112ClF6N25O18S4. The van der Waals surface area contributed by atoms with Crippen molar-refractivity contribution in [2.24, 2.45) is 17.4 Å². The zero-order valence-electron chi connectivity index (χ0n) is 81.3. The first-order valence-electron chi connectivity index (χ1n) is 46.9. The van der Waals surface area contributed by atoms with Crippen LogP contribution in [0.25, 0.3) is 65.9 Å². The highest BCUT2D eigenvalue weighted by molar-refractivity contribution is 7.85. The van der Waals surface area contributed by atoms with Gasteiger partial charge in [0.1, 0.15) is 85.0 Å². The Kier molecular flexibility index (Phi) is 40.7. The van der Waals surface area contributed by atoms with Crippen molar-refractivity contribution in [2.45, 2.75) is 193 Å². The molecule has 8 N–H and O–H groups in total. The number of methoxy groups -OCH3 is 1. The quantitative estimate of drug-likeness (QED) is 0.00698. The Morgan fingerprint density at radius 2 is 0.844 bits per heavy atom. The van der Waals surface area contributed by atoms with Gasteiger partial charge in [0, 0.05) is 129 Å². The molecule has 4 fully saturated rings. The molecule has 0 bridgehead atoms. The predicted molar refractivity (Wildman–Crippen MR) is 528 cm³/mol. The molecule has 0 radical (unpaired) electrons. The summed E-state index contributed by atoms with van der Waals surface area (Å²) in [6, 6.07) is 3.68. The van der Waals surface area contributed by atoms with E-state index in [-0.39, 0.29) is 168 Å². The summed E-state index contributed by atoms with van der Waals surface area (Å²) in [5, 5.41) is 40.4. The number of carbonyl (C=O) groups excluding carboxylic acids is 8. The molecule has 3 aliphatic carbocycles. The second-order valence-corrected chi connectivity index (χ2v) is 38.7. The molecule has 3 amide bonds. The van der Waals surface area contributed by atoms with Crippen LogP contribution in [0.1, 0.15) is 185 Å². The van der Waals surface area contributed by atoms with Crippen molar-refractivity contribution in [3.05, 3.63) is 161 Å². The van der Waals surface area contributed by atoms with Crippen molar-refractivity contribution in [3.8, 4) is 65.9 Å². The minimum atomic E-state index is -3.67. The number of likely N-dealkylation sites (N-methyl/N-ethyl adjacent to an activating group) is 1. The van der Waals surface area contributed by atoms with E-state index in [1.54, 1.807) is 55.8 Å². The largest absolute Gasteiger partial charge is 0.469 e. The van der Waals surface area contributed by atoms with E-state index in [4.69, 9.17) is 44.4 Å². The number of anilines is 3. The number of pyridine rings is 3. The maximum atomic E-state index is 14.9. The Balaban J connectivity index is 0.000000191. The van der Waals surface area contributed by atoms with E-state index in [0.717, 1.165) is 144 Å². The number of piperazine rings is 1. The molecule has 43 nitrogen and oxygen atoms in total. The summed E-state index contributed by atoms with van der Waals surface area (Å²) in [6.07, 6.45) is 24.3. The Bertz CT molecular complexity index is 6610. The number of hydrogen-bond donors (Lipinski definition) is 6. The fourth-order valence-corrected chi connectivity index (χ4v) is 18.3. The van der Waals surface area contributed by atoms with Gasteiger partial charge in [-0.05, 0) is 147 Å². The smallest absolute Gasteiger partial charge is 0.325 e. The summed E-state index contributed by atoms with van der Waals surface area (Å²) in [7, 11) is -0.401. The van der Waals surface area contributed by atoms with Gasteiger partial charge in [0.05, 0.1) is 98.3 Å². The van der Waals surface area contributed by atoms with Gasteiger partial charge in [0.2, 0.25) is 23.8 Å². The van der Waals surface area contributed by atoms with Gasteiger partial charge in [0.15, 0.2) is 30.9 Å². The van der Waals surface area contributed by atoms with Crippen LogP contribution < -0.4 is 27.4 Å². The summed E-state index contributed by atoms with van der Waals surface area (Å²) in [5.41, 5.74) is 12.9. The van der Waals surface area contributed by atoms with E-state index in [0.29, 0.717) is 64.3 Å². The number of nitrogens with two attached hydrogens (primary N) is 2. The molecule has 0 aromatic carbocycles. The third-order valence-corrected chi connectivity index (χ3v) is 26.4. The summed E-state index contributed by atoms with van der Waals surface area (Å²) < 4.78 is 159. The van der Waals surface area contributed by atoms with Gasteiger partial charge >= 0.3 is 23.9 Å². The summed E-state index contributed by atoms with van der Waals surface area (Å²) in [6.45, 7) is 15.8. The molecule has 54 heteroatoms. The van der Waals surface area contributed by atoms with Gasteiger partial charge in [-0.3, -0.25) is 61.9 Å². The fourth-order valence-electron chi connectivity index (χ4n) is 16.0. The highest BCUT2D eigenvalue weighted by Crippen LogP contribution is 2.40. The second kappa shape index (κ2) is 53.1. The summed E-state index contributed by atoms with van der Waals surface area (Å²) in [4.78, 5) is 129. The highest BCUT2D eigenvalue weighted by atomic mass is 35.5. The van der Waals surface area contributed by atoms with Crippen molar-refractivity contribution in [2.75, 3.05) is 95.5 Å². The van der Waals surface area contributed by atoms with Gasteiger partial charge in [-0.2, -0.15) is 52.2 Å². The molecule has 0 spiro atoms. The molecule has 147 heavy (non-hydrogen) atoms. The topological polar surface area (TPSA) is 534 Å². The molecule has 12 aromatic rings. The zero-order chi connectivity index (χ0) is 105. The van der Waals surface area contributed by atoms with Crippen LogP contribution >= 0.6 is 46.4 Å². The van der Waals surface area contributed by atoms with E-state index in [9.17, 15) is 73.1 Å². The highest BCUT2D eigenvalue weighted by Gasteiger charge is 2.34. The average molecular weight is 2150 g/mol. The van der Waals surface area contributed by atoms with Crippen LogP contribution in [-0.2, 0) is 75.9 Å². The van der Waals surface area contributed by atoms with Crippen molar-refractivity contribution < 1.29 is 111 Å². The van der Waals surface area contributed by atoms with Crippen LogP contribution in [0, 0.1) is 41.2 Å². The van der Waals surface area contributed by atoms with Crippen molar-refractivity contribution in [3.63, 3.8) is 0 Å². The van der Waals surface area contributed by atoms with Gasteiger partial charge in [-0.15, -0.1) is 46.4 Å². The molecule has 4 aliphatic rings. The predicted octanol–water partition coefficient (Wildman–Crippen LogP) is 13.0. The summed E-state index contributed by atoms with van der Waals surface area (Å²) >= 11 is 3.56.